The van der Waals surface area contributed by atoms with Crippen LogP contribution in [0.2, 0.25) is 0 Å². The number of piperidine rings is 1. The monoisotopic (exact) mass is 335 g/mol. The summed E-state index contributed by atoms with van der Waals surface area (Å²) >= 11 is 0. The van der Waals surface area contributed by atoms with E-state index >= 15 is 0 Å². The molecule has 1 fully saturated rings. The molecule has 0 aliphatic carbocycles. The van der Waals surface area contributed by atoms with Crippen LogP contribution in [0, 0.1) is 5.92 Å². The number of likely N-dealkylation sites (tertiary alicyclic amines) is 1. The molecular formula is C18H25NO5. The minimum absolute atomic E-state index is 0.00478. The van der Waals surface area contributed by atoms with E-state index < -0.39 is 5.97 Å². The van der Waals surface area contributed by atoms with Crippen molar-refractivity contribution in [1.29, 1.82) is 0 Å². The molecule has 1 aliphatic rings. The molecule has 1 aliphatic heterocycles. The molecule has 0 saturated carbocycles. The number of hydrogen-bond donors (Lipinski definition) is 0. The van der Waals surface area contributed by atoms with Crippen LogP contribution < -0.4 is 0 Å². The molecule has 0 spiro atoms. The van der Waals surface area contributed by atoms with Crippen LogP contribution in [-0.2, 0) is 14.2 Å². The van der Waals surface area contributed by atoms with Crippen LogP contribution in [0.4, 0.5) is 0 Å². The van der Waals surface area contributed by atoms with Crippen molar-refractivity contribution < 1.29 is 23.8 Å². The Labute approximate surface area is 142 Å². The molecule has 6 nitrogen and oxygen atoms in total. The van der Waals surface area contributed by atoms with Crippen molar-refractivity contribution in [3.8, 4) is 0 Å². The van der Waals surface area contributed by atoms with E-state index in [9.17, 15) is 9.59 Å². The second-order valence-electron chi connectivity index (χ2n) is 5.87. The van der Waals surface area contributed by atoms with Gasteiger partial charge in [0.05, 0.1) is 25.9 Å². The average molecular weight is 335 g/mol. The molecule has 1 aromatic rings. The Hall–Kier alpha value is -1.92. The molecule has 1 amide bonds. The summed E-state index contributed by atoms with van der Waals surface area (Å²) in [5.41, 5.74) is 1.04. The van der Waals surface area contributed by atoms with Gasteiger partial charge in [-0.3, -0.25) is 4.79 Å². The molecule has 1 saturated heterocycles. The van der Waals surface area contributed by atoms with Crippen LogP contribution in [-0.4, -0.2) is 63.9 Å². The number of benzene rings is 1. The zero-order valence-corrected chi connectivity index (χ0v) is 14.3. The predicted octanol–water partition coefficient (Wildman–Crippen LogP) is 1.99. The van der Waals surface area contributed by atoms with Gasteiger partial charge in [0, 0.05) is 32.4 Å². The first kappa shape index (κ1) is 18.4. The summed E-state index contributed by atoms with van der Waals surface area (Å²) in [6.07, 6.45) is 1.89. The quantitative estimate of drug-likeness (QED) is 0.563. The third kappa shape index (κ3) is 5.04. The van der Waals surface area contributed by atoms with Crippen molar-refractivity contribution in [3.63, 3.8) is 0 Å². The molecule has 0 atom stereocenters. The summed E-state index contributed by atoms with van der Waals surface area (Å²) < 4.78 is 15.2. The maximum Gasteiger partial charge on any atom is 0.337 e. The lowest BCUT2D eigenvalue weighted by Gasteiger charge is -2.32. The number of ether oxygens (including phenoxy) is 3. The third-order valence-electron chi connectivity index (χ3n) is 4.24. The van der Waals surface area contributed by atoms with E-state index in [1.807, 2.05) is 4.90 Å². The highest BCUT2D eigenvalue weighted by Crippen LogP contribution is 2.19. The summed E-state index contributed by atoms with van der Waals surface area (Å²) in [6, 6.07) is 6.59. The van der Waals surface area contributed by atoms with Gasteiger partial charge in [0.2, 0.25) is 0 Å². The molecule has 0 aromatic heterocycles. The summed E-state index contributed by atoms with van der Waals surface area (Å²) in [5, 5.41) is 0. The molecule has 1 heterocycles. The first-order valence-corrected chi connectivity index (χ1v) is 8.20. The molecule has 6 heteroatoms. The maximum atomic E-state index is 12.5. The lowest BCUT2D eigenvalue weighted by Crippen LogP contribution is -2.39. The van der Waals surface area contributed by atoms with Crippen molar-refractivity contribution in [3.05, 3.63) is 35.4 Å². The van der Waals surface area contributed by atoms with E-state index in [0.717, 1.165) is 32.5 Å². The van der Waals surface area contributed by atoms with Gasteiger partial charge in [-0.05, 0) is 43.0 Å². The van der Waals surface area contributed by atoms with Crippen LogP contribution in [0.25, 0.3) is 0 Å². The smallest absolute Gasteiger partial charge is 0.337 e. The molecule has 0 radical (unpaired) electrons. The number of methoxy groups -OCH3 is 2. The second-order valence-corrected chi connectivity index (χ2v) is 5.87. The van der Waals surface area contributed by atoms with Gasteiger partial charge in [-0.1, -0.05) is 0 Å². The van der Waals surface area contributed by atoms with Gasteiger partial charge in [-0.2, -0.15) is 0 Å². The molecule has 0 N–H and O–H groups in total. The number of amides is 1. The zero-order valence-electron chi connectivity index (χ0n) is 14.3. The molecule has 1 aromatic carbocycles. The Balaban J connectivity index is 1.81. The first-order valence-electron chi connectivity index (χ1n) is 8.20. The zero-order chi connectivity index (χ0) is 17.4. The maximum absolute atomic E-state index is 12.5. The van der Waals surface area contributed by atoms with Gasteiger partial charge in [-0.15, -0.1) is 0 Å². The fourth-order valence-electron chi connectivity index (χ4n) is 2.74. The van der Waals surface area contributed by atoms with Crippen molar-refractivity contribution >= 4 is 11.9 Å². The van der Waals surface area contributed by atoms with Crippen molar-refractivity contribution in [2.75, 3.05) is 47.1 Å². The van der Waals surface area contributed by atoms with Crippen LogP contribution in [0.3, 0.4) is 0 Å². The number of rotatable bonds is 7. The highest BCUT2D eigenvalue weighted by molar-refractivity contribution is 5.96. The lowest BCUT2D eigenvalue weighted by molar-refractivity contribution is 0.0327. The van der Waals surface area contributed by atoms with Gasteiger partial charge in [-0.25, -0.2) is 4.79 Å². The largest absolute Gasteiger partial charge is 0.465 e. The SMILES string of the molecule is COCCOCC1CCN(C(=O)c2ccc(C(=O)OC)cc2)CC1. The van der Waals surface area contributed by atoms with E-state index in [1.54, 1.807) is 31.4 Å². The number of carbonyl (C=O) groups is 2. The summed E-state index contributed by atoms with van der Waals surface area (Å²) in [4.78, 5) is 25.8. The lowest BCUT2D eigenvalue weighted by atomic mass is 9.97. The second kappa shape index (κ2) is 9.39. The Bertz CT molecular complexity index is 535. The van der Waals surface area contributed by atoms with Crippen LogP contribution in [0.15, 0.2) is 24.3 Å². The van der Waals surface area contributed by atoms with E-state index in [1.165, 1.54) is 7.11 Å². The van der Waals surface area contributed by atoms with Gasteiger partial charge in [0.15, 0.2) is 0 Å². The Morgan fingerprint density at radius 3 is 2.25 bits per heavy atom. The number of esters is 1. The summed E-state index contributed by atoms with van der Waals surface area (Å²) in [5.74, 6) is 0.0982. The van der Waals surface area contributed by atoms with E-state index in [4.69, 9.17) is 9.47 Å². The minimum Gasteiger partial charge on any atom is -0.465 e. The molecule has 0 bridgehead atoms. The average Bonchev–Trinajstić information content (AvgIpc) is 2.64. The van der Waals surface area contributed by atoms with Crippen LogP contribution in [0.1, 0.15) is 33.6 Å². The number of carbonyl (C=O) groups excluding carboxylic acids is 2. The van der Waals surface area contributed by atoms with Crippen molar-refractivity contribution in [1.82, 2.24) is 4.90 Å². The normalized spacial score (nSPS) is 15.3. The van der Waals surface area contributed by atoms with E-state index in [0.29, 0.717) is 30.3 Å². The predicted molar refractivity (Wildman–Crippen MR) is 89.1 cm³/mol. The Kier molecular flexibility index (Phi) is 7.21. The molecular weight excluding hydrogens is 310 g/mol. The molecule has 132 valence electrons. The molecule has 24 heavy (non-hydrogen) atoms. The number of nitrogens with zero attached hydrogens (tertiary/aromatic N) is 1. The van der Waals surface area contributed by atoms with Crippen LogP contribution >= 0.6 is 0 Å². The first-order chi connectivity index (χ1) is 11.7. The Morgan fingerprint density at radius 2 is 1.67 bits per heavy atom. The highest BCUT2D eigenvalue weighted by atomic mass is 16.5. The molecule has 0 unspecified atom stereocenters. The van der Waals surface area contributed by atoms with Crippen molar-refractivity contribution in [2.45, 2.75) is 12.8 Å². The topological polar surface area (TPSA) is 65.1 Å². The van der Waals surface area contributed by atoms with Gasteiger partial charge in [0.25, 0.3) is 5.91 Å². The van der Waals surface area contributed by atoms with E-state index in [-0.39, 0.29) is 5.91 Å². The fraction of sp³-hybridized carbons (Fsp3) is 0.556. The van der Waals surface area contributed by atoms with Gasteiger partial charge >= 0.3 is 5.97 Å². The molecule has 2 rings (SSSR count). The van der Waals surface area contributed by atoms with E-state index in [2.05, 4.69) is 4.74 Å². The fourth-order valence-corrected chi connectivity index (χ4v) is 2.74. The van der Waals surface area contributed by atoms with Crippen LogP contribution in [0.5, 0.6) is 0 Å². The van der Waals surface area contributed by atoms with Gasteiger partial charge in [0.1, 0.15) is 0 Å². The highest BCUT2D eigenvalue weighted by Gasteiger charge is 2.23. The summed E-state index contributed by atoms with van der Waals surface area (Å²) in [7, 11) is 3.00. The Morgan fingerprint density at radius 1 is 1.04 bits per heavy atom. The number of hydrogen-bond acceptors (Lipinski definition) is 5. The van der Waals surface area contributed by atoms with Gasteiger partial charge < -0.3 is 19.1 Å². The minimum atomic E-state index is -0.400. The summed E-state index contributed by atoms with van der Waals surface area (Å²) in [6.45, 7) is 3.41. The standard InChI is InChI=1S/C18H25NO5/c1-22-11-12-24-13-14-7-9-19(10-8-14)17(20)15-3-5-16(6-4-15)18(21)23-2/h3-6,14H,7-13H2,1-2H3. The third-order valence-corrected chi connectivity index (χ3v) is 4.24. The van der Waals surface area contributed by atoms with Crippen molar-refractivity contribution in [2.24, 2.45) is 5.92 Å².